The van der Waals surface area contributed by atoms with Crippen LogP contribution in [0.5, 0.6) is 0 Å². The van der Waals surface area contributed by atoms with Gasteiger partial charge in [0.25, 0.3) is 0 Å². The summed E-state index contributed by atoms with van der Waals surface area (Å²) in [7, 11) is -3.29. The van der Waals surface area contributed by atoms with Gasteiger partial charge in [-0.1, -0.05) is 146 Å². The molecule has 5 nitrogen and oxygen atoms in total. The molecule has 1 aliphatic rings. The van der Waals surface area contributed by atoms with Crippen molar-refractivity contribution in [3.8, 4) is 17.4 Å². The Morgan fingerprint density at radius 2 is 0.839 bits per heavy atom. The van der Waals surface area contributed by atoms with Crippen LogP contribution in [0.3, 0.4) is 0 Å². The second-order valence-electron chi connectivity index (χ2n) is 15.9. The van der Waals surface area contributed by atoms with E-state index in [1.807, 2.05) is 18.2 Å². The van der Waals surface area contributed by atoms with Gasteiger partial charge in [-0.25, -0.2) is 4.85 Å². The Bertz CT molecular complexity index is 3340. The number of hydrogen-bond donors (Lipinski definition) is 0. The Morgan fingerprint density at radius 1 is 0.435 bits per heavy atom. The molecule has 0 aliphatic carbocycles. The maximum Gasteiger partial charge on any atom is 0.211 e. The average molecular weight is 806 g/mol. The fraction of sp³-hybridized carbons (Fsp3) is 0. The zero-order valence-electron chi connectivity index (χ0n) is 33.4. The topological polar surface area (TPSA) is 41.2 Å². The van der Waals surface area contributed by atoms with Gasteiger partial charge < -0.3 is 14.0 Å². The van der Waals surface area contributed by atoms with Crippen LogP contribution in [0.1, 0.15) is 5.56 Å². The van der Waals surface area contributed by atoms with Crippen LogP contribution in [0.2, 0.25) is 0 Å². The van der Waals surface area contributed by atoms with E-state index >= 15 is 0 Å². The molecule has 0 radical (unpaired) electrons. The number of rotatable bonds is 5. The molecule has 1 aliphatic heterocycles. The molecule has 12 rings (SSSR count). The van der Waals surface area contributed by atoms with Crippen LogP contribution in [-0.2, 0) is 0 Å². The summed E-state index contributed by atoms with van der Waals surface area (Å²) >= 11 is 0. The van der Waals surface area contributed by atoms with E-state index in [0.717, 1.165) is 44.8 Å². The minimum atomic E-state index is -3.29. The zero-order valence-corrected chi connectivity index (χ0v) is 34.4. The van der Waals surface area contributed by atoms with Gasteiger partial charge in [0.15, 0.2) is 8.07 Å². The highest BCUT2D eigenvalue weighted by molar-refractivity contribution is 7.21. The number of nitriles is 1. The van der Waals surface area contributed by atoms with E-state index < -0.39 is 8.07 Å². The smallest absolute Gasteiger partial charge is 0.211 e. The van der Waals surface area contributed by atoms with Crippen molar-refractivity contribution in [3.05, 3.63) is 229 Å². The van der Waals surface area contributed by atoms with Gasteiger partial charge in [-0.15, -0.1) is 0 Å². The number of para-hydroxylation sites is 5. The summed E-state index contributed by atoms with van der Waals surface area (Å²) in [6, 6.07) is 78.3. The second kappa shape index (κ2) is 13.8. The van der Waals surface area contributed by atoms with Crippen LogP contribution in [0.25, 0.3) is 59.8 Å². The fourth-order valence-corrected chi connectivity index (χ4v) is 15.5. The van der Waals surface area contributed by atoms with Crippen LogP contribution in [-0.4, -0.2) is 17.2 Å². The van der Waals surface area contributed by atoms with Crippen molar-refractivity contribution >= 4 is 95.2 Å². The molecule has 11 aromatic rings. The molecule has 62 heavy (non-hydrogen) atoms. The predicted octanol–water partition coefficient (Wildman–Crippen LogP) is 11.5. The van der Waals surface area contributed by atoms with E-state index in [2.05, 4.69) is 219 Å². The van der Waals surface area contributed by atoms with Crippen LogP contribution in [0.15, 0.2) is 212 Å². The lowest BCUT2D eigenvalue weighted by Crippen LogP contribution is -2.77. The van der Waals surface area contributed by atoms with Crippen molar-refractivity contribution in [1.29, 1.82) is 5.26 Å². The number of anilines is 3. The fourth-order valence-electron chi connectivity index (χ4n) is 10.3. The van der Waals surface area contributed by atoms with Crippen molar-refractivity contribution in [2.24, 2.45) is 0 Å². The van der Waals surface area contributed by atoms with Crippen molar-refractivity contribution in [2.75, 3.05) is 4.90 Å². The van der Waals surface area contributed by atoms with Crippen molar-refractivity contribution < 1.29 is 0 Å². The minimum Gasteiger partial charge on any atom is -0.319 e. The third-order valence-corrected chi connectivity index (χ3v) is 17.6. The lowest BCUT2D eigenvalue weighted by molar-refractivity contribution is 1.17. The van der Waals surface area contributed by atoms with Crippen LogP contribution in [0, 0.1) is 17.9 Å². The van der Waals surface area contributed by atoms with Crippen molar-refractivity contribution in [3.63, 3.8) is 0 Å². The van der Waals surface area contributed by atoms with Crippen LogP contribution < -0.4 is 25.6 Å². The Kier molecular flexibility index (Phi) is 7.92. The lowest BCUT2D eigenvalue weighted by Gasteiger charge is -2.46. The second-order valence-corrected chi connectivity index (χ2v) is 19.6. The first-order chi connectivity index (χ1) is 30.7. The third-order valence-electron chi connectivity index (χ3n) is 12.8. The molecular weight excluding hydrogens is 771 g/mol. The van der Waals surface area contributed by atoms with Gasteiger partial charge in [0.2, 0.25) is 5.69 Å². The molecule has 2 aromatic heterocycles. The lowest BCUT2D eigenvalue weighted by atomic mass is 10.1. The Labute approximate surface area is 359 Å². The number of nitrogens with zero attached hydrogens (tertiary/aromatic N) is 5. The molecule has 3 heterocycles. The molecule has 0 amide bonds. The zero-order chi connectivity index (χ0) is 41.4. The van der Waals surface area contributed by atoms with E-state index in [9.17, 15) is 5.26 Å². The summed E-state index contributed by atoms with van der Waals surface area (Å²) in [6.45, 7) is 8.45. The van der Waals surface area contributed by atoms with Gasteiger partial charge >= 0.3 is 0 Å². The molecule has 288 valence electrons. The molecule has 0 N–H and O–H groups in total. The highest BCUT2D eigenvalue weighted by Gasteiger charge is 2.50. The van der Waals surface area contributed by atoms with Gasteiger partial charge in [0.05, 0.1) is 46.0 Å². The van der Waals surface area contributed by atoms with E-state index in [1.54, 1.807) is 0 Å². The maximum absolute atomic E-state index is 10.8. The molecular formula is C56H35N5Si. The summed E-state index contributed by atoms with van der Waals surface area (Å²) < 4.78 is 4.78. The van der Waals surface area contributed by atoms with Crippen LogP contribution >= 0.6 is 0 Å². The number of aromatic nitrogens is 2. The summed E-state index contributed by atoms with van der Waals surface area (Å²) in [6.07, 6.45) is 0. The molecule has 0 saturated heterocycles. The maximum atomic E-state index is 10.8. The van der Waals surface area contributed by atoms with E-state index in [4.69, 9.17) is 6.57 Å². The molecule has 0 fully saturated rings. The molecule has 6 heteroatoms. The predicted molar refractivity (Wildman–Crippen MR) is 258 cm³/mol. The Hall–Kier alpha value is -8.42. The van der Waals surface area contributed by atoms with E-state index in [-0.39, 0.29) is 0 Å². The monoisotopic (exact) mass is 805 g/mol. The molecule has 9 aromatic carbocycles. The first kappa shape index (κ1) is 35.5. The molecule has 0 atom stereocenters. The van der Waals surface area contributed by atoms with Gasteiger partial charge in [-0.2, -0.15) is 5.26 Å². The average Bonchev–Trinajstić information content (AvgIpc) is 3.86. The van der Waals surface area contributed by atoms with Gasteiger partial charge in [0.1, 0.15) is 0 Å². The summed E-state index contributed by atoms with van der Waals surface area (Å²) in [4.78, 5) is 6.27. The molecule has 0 saturated carbocycles. The highest BCUT2D eigenvalue weighted by Crippen LogP contribution is 2.46. The standard InChI is InChI=1S/C56H35N5Si/c1-58-47-26-16-17-38(37-57)56(47)61-52-33-31-39(59-48-27-12-8-22-43(48)44-23-9-13-28-49(44)59)35-54(52)62(41-18-4-2-5-19-41,42-20-6-3-7-21-42)55-36-40(32-34-53(55)61)60-50-29-14-10-24-45(50)46-25-11-15-30-51(46)60/h2-36H. The quantitative estimate of drug-likeness (QED) is 0.128. The Morgan fingerprint density at radius 3 is 1.24 bits per heavy atom. The van der Waals surface area contributed by atoms with Crippen molar-refractivity contribution in [2.45, 2.75) is 0 Å². The highest BCUT2D eigenvalue weighted by atomic mass is 28.3. The van der Waals surface area contributed by atoms with Gasteiger partial charge in [0, 0.05) is 44.3 Å². The van der Waals surface area contributed by atoms with Gasteiger partial charge in [-0.05, 0) is 87.5 Å². The molecule has 0 bridgehead atoms. The van der Waals surface area contributed by atoms with E-state index in [0.29, 0.717) is 16.9 Å². The van der Waals surface area contributed by atoms with Crippen molar-refractivity contribution in [1.82, 2.24) is 9.13 Å². The van der Waals surface area contributed by atoms with Gasteiger partial charge in [-0.3, -0.25) is 0 Å². The normalized spacial score (nSPS) is 12.9. The third kappa shape index (κ3) is 4.93. The summed E-state index contributed by atoms with van der Waals surface area (Å²) in [5.41, 5.74) is 9.99. The van der Waals surface area contributed by atoms with Crippen LogP contribution in [0.4, 0.5) is 22.7 Å². The first-order valence-electron chi connectivity index (χ1n) is 20.8. The minimum absolute atomic E-state index is 0.424. The largest absolute Gasteiger partial charge is 0.319 e. The summed E-state index contributed by atoms with van der Waals surface area (Å²) in [5.74, 6) is 0. The number of benzene rings is 9. The number of fused-ring (bicyclic) bond motifs is 8. The first-order valence-corrected chi connectivity index (χ1v) is 22.8. The summed E-state index contributed by atoms with van der Waals surface area (Å²) in [5, 5.41) is 20.4. The van der Waals surface area contributed by atoms with E-state index in [1.165, 1.54) is 42.3 Å². The Balaban J connectivity index is 1.27. The molecule has 0 spiro atoms. The SMILES string of the molecule is [C-]#[N+]c1cccc(C#N)c1N1c2ccc(-n3c4ccccc4c4ccccc43)cc2[Si](c2ccccc2)(c2ccccc2)c2cc(-n3c4ccccc4c4ccccc43)ccc21. The number of hydrogen-bond acceptors (Lipinski definition) is 2. The molecule has 0 unspecified atom stereocenters.